The average Bonchev–Trinajstić information content (AvgIpc) is 3.00. The lowest BCUT2D eigenvalue weighted by molar-refractivity contribution is -0.131. The Balaban J connectivity index is 1.35. The van der Waals surface area contributed by atoms with E-state index in [4.69, 9.17) is 4.74 Å². The van der Waals surface area contributed by atoms with Gasteiger partial charge < -0.3 is 9.64 Å². The molecule has 2 aliphatic heterocycles. The molecule has 0 radical (unpaired) electrons. The van der Waals surface area contributed by atoms with E-state index in [0.29, 0.717) is 50.8 Å². The number of carbonyl (C=O) groups is 1. The van der Waals surface area contributed by atoms with Crippen LogP contribution in [-0.2, 0) is 27.7 Å². The van der Waals surface area contributed by atoms with Gasteiger partial charge in [-0.05, 0) is 44.0 Å². The number of aryl methyl sites for hydroxylation is 1. The molecule has 1 aromatic carbocycles. The van der Waals surface area contributed by atoms with Crippen LogP contribution in [0, 0.1) is 0 Å². The summed E-state index contributed by atoms with van der Waals surface area (Å²) < 4.78 is 31.9. The SMILES string of the molecule is CNS(=O)(=O)c1ccc(CCC(=O)N2CCCC3(CC2)Cc2c([nH]c(=O)[nH]c2=O)O3)cc1. The predicted octanol–water partition coefficient (Wildman–Crippen LogP) is 0.290. The van der Waals surface area contributed by atoms with Gasteiger partial charge in [-0.1, -0.05) is 12.1 Å². The van der Waals surface area contributed by atoms with Crippen LogP contribution >= 0.6 is 0 Å². The zero-order valence-electron chi connectivity index (χ0n) is 17.8. The third-order valence-corrected chi connectivity index (χ3v) is 7.63. The molecule has 1 atom stereocenters. The van der Waals surface area contributed by atoms with Gasteiger partial charge in [0.15, 0.2) is 0 Å². The van der Waals surface area contributed by atoms with Gasteiger partial charge in [0, 0.05) is 32.4 Å². The molecule has 2 aliphatic rings. The average molecular weight is 463 g/mol. The van der Waals surface area contributed by atoms with Crippen LogP contribution in [0.1, 0.15) is 36.8 Å². The quantitative estimate of drug-likeness (QED) is 0.583. The predicted molar refractivity (Wildman–Crippen MR) is 116 cm³/mol. The number of benzene rings is 1. The van der Waals surface area contributed by atoms with Crippen LogP contribution in [0.15, 0.2) is 38.8 Å². The van der Waals surface area contributed by atoms with E-state index in [1.165, 1.54) is 19.2 Å². The molecule has 1 saturated heterocycles. The summed E-state index contributed by atoms with van der Waals surface area (Å²) in [5.74, 6) is 0.262. The molecule has 1 amide bonds. The van der Waals surface area contributed by atoms with Crippen LogP contribution in [0.2, 0.25) is 0 Å². The van der Waals surface area contributed by atoms with Crippen LogP contribution in [-0.4, -0.2) is 54.9 Å². The number of hydrogen-bond donors (Lipinski definition) is 3. The first-order chi connectivity index (χ1) is 15.2. The van der Waals surface area contributed by atoms with Crippen LogP contribution in [0.4, 0.5) is 0 Å². The van der Waals surface area contributed by atoms with Crippen molar-refractivity contribution in [3.8, 4) is 5.88 Å². The van der Waals surface area contributed by atoms with Crippen molar-refractivity contribution in [2.24, 2.45) is 0 Å². The maximum absolute atomic E-state index is 12.8. The molecule has 1 spiro atoms. The Kier molecular flexibility index (Phi) is 5.95. The van der Waals surface area contributed by atoms with Gasteiger partial charge in [0.05, 0.1) is 10.5 Å². The number of H-pyrrole nitrogens is 2. The monoisotopic (exact) mass is 462 g/mol. The van der Waals surface area contributed by atoms with Gasteiger partial charge in [-0.15, -0.1) is 0 Å². The smallest absolute Gasteiger partial charge is 0.328 e. The van der Waals surface area contributed by atoms with Gasteiger partial charge >= 0.3 is 5.69 Å². The van der Waals surface area contributed by atoms with E-state index in [-0.39, 0.29) is 16.7 Å². The van der Waals surface area contributed by atoms with Crippen molar-refractivity contribution < 1.29 is 17.9 Å². The maximum Gasteiger partial charge on any atom is 0.328 e. The van der Waals surface area contributed by atoms with Crippen LogP contribution in [0.25, 0.3) is 0 Å². The number of carbonyl (C=O) groups excluding carboxylic acids is 1. The molecule has 172 valence electrons. The third kappa shape index (κ3) is 4.49. The second-order valence-electron chi connectivity index (χ2n) is 8.26. The molecule has 11 heteroatoms. The van der Waals surface area contributed by atoms with Crippen LogP contribution in [0.3, 0.4) is 0 Å². The molecular weight excluding hydrogens is 436 g/mol. The lowest BCUT2D eigenvalue weighted by Gasteiger charge is -2.27. The summed E-state index contributed by atoms with van der Waals surface area (Å²) >= 11 is 0. The molecule has 4 rings (SSSR count). The lowest BCUT2D eigenvalue weighted by atomic mass is 9.90. The Morgan fingerprint density at radius 1 is 1.16 bits per heavy atom. The number of aromatic nitrogens is 2. The van der Waals surface area contributed by atoms with Crippen molar-refractivity contribution in [1.82, 2.24) is 19.6 Å². The highest BCUT2D eigenvalue weighted by Gasteiger charge is 2.43. The van der Waals surface area contributed by atoms with Gasteiger partial charge in [0.25, 0.3) is 5.56 Å². The number of nitrogens with zero attached hydrogens (tertiary/aromatic N) is 1. The van der Waals surface area contributed by atoms with E-state index >= 15 is 0 Å². The number of sulfonamides is 1. The van der Waals surface area contributed by atoms with Gasteiger partial charge in [-0.2, -0.15) is 0 Å². The number of hydrogen-bond acceptors (Lipinski definition) is 6. The van der Waals surface area contributed by atoms with Crippen molar-refractivity contribution in [2.45, 2.75) is 49.0 Å². The largest absolute Gasteiger partial charge is 0.471 e. The molecule has 1 unspecified atom stereocenters. The first-order valence-corrected chi connectivity index (χ1v) is 12.0. The van der Waals surface area contributed by atoms with Gasteiger partial charge in [0.1, 0.15) is 5.60 Å². The van der Waals surface area contributed by atoms with Crippen molar-refractivity contribution >= 4 is 15.9 Å². The summed E-state index contributed by atoms with van der Waals surface area (Å²) in [6.45, 7) is 1.11. The zero-order chi connectivity index (χ0) is 22.9. The molecular formula is C21H26N4O6S. The van der Waals surface area contributed by atoms with Crippen LogP contribution in [0.5, 0.6) is 5.88 Å². The van der Waals surface area contributed by atoms with Gasteiger partial charge in [0.2, 0.25) is 21.8 Å². The summed E-state index contributed by atoms with van der Waals surface area (Å²) in [6.07, 6.45) is 3.24. The summed E-state index contributed by atoms with van der Waals surface area (Å²) in [4.78, 5) is 43.2. The molecule has 0 aliphatic carbocycles. The van der Waals surface area contributed by atoms with E-state index in [9.17, 15) is 22.8 Å². The molecule has 1 aromatic heterocycles. The van der Waals surface area contributed by atoms with E-state index < -0.39 is 26.9 Å². The highest BCUT2D eigenvalue weighted by molar-refractivity contribution is 7.89. The molecule has 0 saturated carbocycles. The second kappa shape index (κ2) is 8.55. The van der Waals surface area contributed by atoms with E-state index in [1.807, 2.05) is 4.90 Å². The lowest BCUT2D eigenvalue weighted by Crippen LogP contribution is -2.37. The van der Waals surface area contributed by atoms with Crippen molar-refractivity contribution in [3.05, 3.63) is 56.2 Å². The van der Waals surface area contributed by atoms with Gasteiger partial charge in [-0.25, -0.2) is 17.9 Å². The number of aromatic amines is 2. The number of likely N-dealkylation sites (tertiary alicyclic amines) is 1. The minimum absolute atomic E-state index is 0.0238. The number of nitrogens with one attached hydrogen (secondary N) is 3. The maximum atomic E-state index is 12.8. The fourth-order valence-corrected chi connectivity index (χ4v) is 5.10. The molecule has 3 heterocycles. The summed E-state index contributed by atoms with van der Waals surface area (Å²) in [5.41, 5.74) is -0.256. The molecule has 3 N–H and O–H groups in total. The number of amides is 1. The zero-order valence-corrected chi connectivity index (χ0v) is 18.6. The van der Waals surface area contributed by atoms with Crippen molar-refractivity contribution in [1.29, 1.82) is 0 Å². The normalized spacial score (nSPS) is 20.6. The van der Waals surface area contributed by atoms with Crippen molar-refractivity contribution in [2.75, 3.05) is 20.1 Å². The summed E-state index contributed by atoms with van der Waals surface area (Å²) in [5, 5.41) is 0. The first-order valence-electron chi connectivity index (χ1n) is 10.6. The minimum atomic E-state index is -3.48. The van der Waals surface area contributed by atoms with E-state index in [1.54, 1.807) is 12.1 Å². The Morgan fingerprint density at radius 3 is 2.62 bits per heavy atom. The molecule has 1 fully saturated rings. The Hall–Kier alpha value is -2.92. The number of fused-ring (bicyclic) bond motifs is 1. The standard InChI is InChI=1S/C21H26N4O6S/c1-22-32(29,30)15-6-3-14(4-7-15)5-8-17(26)25-11-2-9-21(10-12-25)13-16-18(27)23-20(28)24-19(16)31-21/h3-4,6-7,22H,2,5,8-13H2,1H3,(H2,23,24,27,28). The third-order valence-electron chi connectivity index (χ3n) is 6.20. The second-order valence-corrected chi connectivity index (χ2v) is 10.2. The Morgan fingerprint density at radius 2 is 1.91 bits per heavy atom. The fourth-order valence-electron chi connectivity index (χ4n) is 4.37. The first kappa shape index (κ1) is 22.3. The van der Waals surface area contributed by atoms with Crippen molar-refractivity contribution in [3.63, 3.8) is 0 Å². The molecule has 2 aromatic rings. The molecule has 32 heavy (non-hydrogen) atoms. The van der Waals surface area contributed by atoms with E-state index in [0.717, 1.165) is 12.0 Å². The molecule has 0 bridgehead atoms. The van der Waals surface area contributed by atoms with E-state index in [2.05, 4.69) is 14.7 Å². The van der Waals surface area contributed by atoms with Gasteiger partial charge in [-0.3, -0.25) is 19.6 Å². The molecule has 10 nitrogen and oxygen atoms in total. The number of ether oxygens (including phenoxy) is 1. The Bertz CT molecular complexity index is 1230. The highest BCUT2D eigenvalue weighted by atomic mass is 32.2. The summed E-state index contributed by atoms with van der Waals surface area (Å²) in [6, 6.07) is 6.50. The summed E-state index contributed by atoms with van der Waals surface area (Å²) in [7, 11) is -2.12. The highest BCUT2D eigenvalue weighted by Crippen LogP contribution is 2.37. The Labute approximate surface area is 185 Å². The van der Waals surface area contributed by atoms with Crippen LogP contribution < -0.4 is 20.7 Å². The fraction of sp³-hybridized carbons (Fsp3) is 0.476. The topological polar surface area (TPSA) is 141 Å². The number of rotatable bonds is 5. The minimum Gasteiger partial charge on any atom is -0.471 e.